The first-order valence-electron chi connectivity index (χ1n) is 6.32. The van der Waals surface area contributed by atoms with Crippen LogP contribution < -0.4 is 4.74 Å². The van der Waals surface area contributed by atoms with E-state index >= 15 is 0 Å². The molecule has 0 aliphatic heterocycles. The van der Waals surface area contributed by atoms with Gasteiger partial charge in [0.25, 0.3) is 0 Å². The van der Waals surface area contributed by atoms with Crippen molar-refractivity contribution in [1.82, 2.24) is 0 Å². The van der Waals surface area contributed by atoms with Gasteiger partial charge in [0.1, 0.15) is 18.2 Å². The molecule has 0 aromatic heterocycles. The summed E-state index contributed by atoms with van der Waals surface area (Å²) in [5.74, 6) is -0.877. The van der Waals surface area contributed by atoms with Gasteiger partial charge in [-0.15, -0.1) is 0 Å². The summed E-state index contributed by atoms with van der Waals surface area (Å²) in [6, 6.07) is 9.25. The van der Waals surface area contributed by atoms with Crippen molar-refractivity contribution in [1.29, 1.82) is 0 Å². The molecule has 1 radical (unpaired) electrons. The van der Waals surface area contributed by atoms with Crippen LogP contribution in [0.15, 0.2) is 42.5 Å². The van der Waals surface area contributed by atoms with Gasteiger partial charge in [-0.05, 0) is 35.4 Å². The molecule has 0 heterocycles. The summed E-state index contributed by atoms with van der Waals surface area (Å²) in [7, 11) is 0. The third-order valence-electron chi connectivity index (χ3n) is 2.94. The van der Waals surface area contributed by atoms with Crippen LogP contribution in [0.1, 0.15) is 16.7 Å². The molecule has 0 spiro atoms. The number of hydrogen-bond acceptors (Lipinski definition) is 2. The molecular weight excluding hydrogens is 300 g/mol. The molecule has 0 saturated heterocycles. The minimum absolute atomic E-state index is 0.123. The van der Waals surface area contributed by atoms with Crippen LogP contribution in [0, 0.1) is 5.82 Å². The fraction of sp³-hybridized carbons (Fsp3) is 0.188. The second kappa shape index (κ2) is 6.60. The SMILES string of the molecule is O=[C]Cc1ccc(OCc2ccc(F)c(C(F)(F)F)c2)cc1. The van der Waals surface area contributed by atoms with E-state index < -0.39 is 17.6 Å². The van der Waals surface area contributed by atoms with Crippen LogP contribution in [-0.4, -0.2) is 6.29 Å². The van der Waals surface area contributed by atoms with Gasteiger partial charge in [0, 0.05) is 6.42 Å². The Bertz CT molecular complexity index is 648. The first-order valence-corrected chi connectivity index (χ1v) is 6.32. The molecule has 0 atom stereocenters. The topological polar surface area (TPSA) is 26.3 Å². The summed E-state index contributed by atoms with van der Waals surface area (Å²) in [6.45, 7) is -0.123. The minimum Gasteiger partial charge on any atom is -0.489 e. The zero-order valence-corrected chi connectivity index (χ0v) is 11.3. The van der Waals surface area contributed by atoms with Gasteiger partial charge in [-0.1, -0.05) is 18.2 Å². The van der Waals surface area contributed by atoms with Crippen LogP contribution in [0.5, 0.6) is 5.75 Å². The predicted octanol–water partition coefficient (Wildman–Crippen LogP) is 4.08. The molecule has 0 aliphatic carbocycles. The largest absolute Gasteiger partial charge is 0.489 e. The minimum atomic E-state index is -4.74. The van der Waals surface area contributed by atoms with E-state index in [1.165, 1.54) is 6.07 Å². The van der Waals surface area contributed by atoms with Crippen LogP contribution in [0.2, 0.25) is 0 Å². The van der Waals surface area contributed by atoms with Gasteiger partial charge in [0.2, 0.25) is 6.29 Å². The summed E-state index contributed by atoms with van der Waals surface area (Å²) < 4.78 is 56.3. The average molecular weight is 311 g/mol. The van der Waals surface area contributed by atoms with E-state index in [0.717, 1.165) is 17.7 Å². The number of ether oxygens (including phenoxy) is 1. The third kappa shape index (κ3) is 4.07. The molecule has 0 saturated carbocycles. The molecule has 0 unspecified atom stereocenters. The van der Waals surface area contributed by atoms with E-state index in [2.05, 4.69) is 0 Å². The Balaban J connectivity index is 2.07. The maximum Gasteiger partial charge on any atom is 0.419 e. The lowest BCUT2D eigenvalue weighted by atomic mass is 10.1. The van der Waals surface area contributed by atoms with E-state index in [1.54, 1.807) is 30.6 Å². The fourth-order valence-electron chi connectivity index (χ4n) is 1.83. The molecule has 2 rings (SSSR count). The molecule has 0 fully saturated rings. The standard InChI is InChI=1S/C16H11F4O2/c17-15-6-3-12(9-14(15)16(18,19)20)10-22-13-4-1-11(2-5-13)7-8-21/h1-6,9H,7,10H2. The molecule has 0 bridgehead atoms. The second-order valence-electron chi connectivity index (χ2n) is 4.57. The molecular formula is C16H11F4O2. The highest BCUT2D eigenvalue weighted by molar-refractivity contribution is 5.55. The highest BCUT2D eigenvalue weighted by Gasteiger charge is 2.34. The van der Waals surface area contributed by atoms with Gasteiger partial charge < -0.3 is 4.74 Å². The molecule has 115 valence electrons. The van der Waals surface area contributed by atoms with E-state index in [1.807, 2.05) is 0 Å². The lowest BCUT2D eigenvalue weighted by Gasteiger charge is -2.11. The molecule has 6 heteroatoms. The Morgan fingerprint density at radius 2 is 1.64 bits per heavy atom. The Labute approximate surface area is 124 Å². The van der Waals surface area contributed by atoms with Crippen molar-refractivity contribution in [2.45, 2.75) is 19.2 Å². The quantitative estimate of drug-likeness (QED) is 0.778. The van der Waals surface area contributed by atoms with Crippen molar-refractivity contribution in [3.63, 3.8) is 0 Å². The number of hydrogen-bond donors (Lipinski definition) is 0. The molecule has 2 aromatic carbocycles. The second-order valence-corrected chi connectivity index (χ2v) is 4.57. The van der Waals surface area contributed by atoms with Crippen molar-refractivity contribution in [2.24, 2.45) is 0 Å². The van der Waals surface area contributed by atoms with Crippen molar-refractivity contribution >= 4 is 6.29 Å². The lowest BCUT2D eigenvalue weighted by molar-refractivity contribution is -0.140. The number of carbonyl (C=O) groups excluding carboxylic acids is 1. The van der Waals surface area contributed by atoms with Crippen molar-refractivity contribution < 1.29 is 27.1 Å². The van der Waals surface area contributed by atoms with Crippen LogP contribution in [0.4, 0.5) is 17.6 Å². The van der Waals surface area contributed by atoms with E-state index in [0.29, 0.717) is 5.75 Å². The Kier molecular flexibility index (Phi) is 4.80. The molecule has 0 N–H and O–H groups in total. The van der Waals surface area contributed by atoms with Gasteiger partial charge in [-0.3, -0.25) is 4.79 Å². The first kappa shape index (κ1) is 16.0. The molecule has 22 heavy (non-hydrogen) atoms. The molecule has 0 aliphatic rings. The van der Waals surface area contributed by atoms with Gasteiger partial charge >= 0.3 is 6.18 Å². The Morgan fingerprint density at radius 1 is 1.00 bits per heavy atom. The number of benzene rings is 2. The Morgan fingerprint density at radius 3 is 2.23 bits per heavy atom. The zero-order chi connectivity index (χ0) is 16.2. The van der Waals surface area contributed by atoms with Gasteiger partial charge in [-0.25, -0.2) is 4.39 Å². The molecule has 2 nitrogen and oxygen atoms in total. The number of alkyl halides is 3. The number of halogens is 4. The van der Waals surface area contributed by atoms with Crippen LogP contribution in [-0.2, 0) is 24.0 Å². The van der Waals surface area contributed by atoms with Crippen LogP contribution in [0.3, 0.4) is 0 Å². The highest BCUT2D eigenvalue weighted by atomic mass is 19.4. The monoisotopic (exact) mass is 311 g/mol. The smallest absolute Gasteiger partial charge is 0.419 e. The highest BCUT2D eigenvalue weighted by Crippen LogP contribution is 2.32. The van der Waals surface area contributed by atoms with Crippen molar-refractivity contribution in [3.05, 3.63) is 65.0 Å². The van der Waals surface area contributed by atoms with Gasteiger partial charge in [-0.2, -0.15) is 13.2 Å². The van der Waals surface area contributed by atoms with E-state index in [4.69, 9.17) is 4.74 Å². The summed E-state index contributed by atoms with van der Waals surface area (Å²) in [6.07, 6.45) is -2.83. The Hall–Kier alpha value is -2.37. The zero-order valence-electron chi connectivity index (χ0n) is 11.3. The summed E-state index contributed by atoms with van der Waals surface area (Å²) in [4.78, 5) is 10.2. The van der Waals surface area contributed by atoms with Crippen molar-refractivity contribution in [3.8, 4) is 5.75 Å². The summed E-state index contributed by atoms with van der Waals surface area (Å²) in [5.41, 5.74) is -0.354. The normalized spacial score (nSPS) is 11.3. The predicted molar refractivity (Wildman–Crippen MR) is 71.6 cm³/mol. The number of rotatable bonds is 5. The van der Waals surface area contributed by atoms with Crippen molar-refractivity contribution in [2.75, 3.05) is 0 Å². The van der Waals surface area contributed by atoms with E-state index in [9.17, 15) is 22.4 Å². The van der Waals surface area contributed by atoms with Crippen LogP contribution >= 0.6 is 0 Å². The van der Waals surface area contributed by atoms with E-state index in [-0.39, 0.29) is 18.6 Å². The summed E-state index contributed by atoms with van der Waals surface area (Å²) in [5, 5.41) is 0. The maximum absolute atomic E-state index is 13.2. The maximum atomic E-state index is 13.2. The lowest BCUT2D eigenvalue weighted by Crippen LogP contribution is -2.09. The molecule has 2 aromatic rings. The molecule has 0 amide bonds. The van der Waals surface area contributed by atoms with Crippen LogP contribution in [0.25, 0.3) is 0 Å². The summed E-state index contributed by atoms with van der Waals surface area (Å²) >= 11 is 0. The fourth-order valence-corrected chi connectivity index (χ4v) is 1.83. The average Bonchev–Trinajstić information content (AvgIpc) is 2.47. The van der Waals surface area contributed by atoms with Gasteiger partial charge in [0.05, 0.1) is 5.56 Å². The van der Waals surface area contributed by atoms with Gasteiger partial charge in [0.15, 0.2) is 0 Å². The first-order chi connectivity index (χ1) is 10.4. The third-order valence-corrected chi connectivity index (χ3v) is 2.94.